The maximum Gasteiger partial charge on any atom is 0.269 e. The quantitative estimate of drug-likeness (QED) is 0.217. The number of anilines is 1. The predicted molar refractivity (Wildman–Crippen MR) is 127 cm³/mol. The second-order valence-electron chi connectivity index (χ2n) is 8.18. The van der Waals surface area contributed by atoms with Gasteiger partial charge in [0.25, 0.3) is 11.2 Å². The van der Waals surface area contributed by atoms with Crippen LogP contribution >= 0.6 is 11.8 Å². The highest BCUT2D eigenvalue weighted by atomic mass is 32.2. The number of carbonyl (C=O) groups is 1. The molecule has 2 aliphatic rings. The molecule has 0 unspecified atom stereocenters. The summed E-state index contributed by atoms with van der Waals surface area (Å²) in [5.74, 6) is 0.0158. The van der Waals surface area contributed by atoms with Crippen LogP contribution in [0.1, 0.15) is 35.4 Å². The molecule has 0 bridgehead atoms. The van der Waals surface area contributed by atoms with E-state index in [1.54, 1.807) is 36.4 Å². The molecule has 1 aliphatic heterocycles. The van der Waals surface area contributed by atoms with Gasteiger partial charge in [-0.25, -0.2) is 4.98 Å². The van der Waals surface area contributed by atoms with Crippen LogP contribution in [0.15, 0.2) is 70.3 Å². The number of nitro benzene ring substituents is 1. The average molecular weight is 477 g/mol. The molecule has 34 heavy (non-hydrogen) atoms. The fraction of sp³-hybridized carbons (Fsp3) is 0.208. The molecule has 10 heteroatoms. The summed E-state index contributed by atoms with van der Waals surface area (Å²) in [4.78, 5) is 44.0. The SMILES string of the molecule is O=C1CCC=C2Nc3nc(SCc4ccc([N+](=O)[O-])cc4)[nH]c(=O)c3[C@H](c3ccc(O)cc3)[C@@H]12. The second kappa shape index (κ2) is 8.79. The summed E-state index contributed by atoms with van der Waals surface area (Å²) in [6.45, 7) is 0. The molecular formula is C24H20N4O5S. The van der Waals surface area contributed by atoms with E-state index in [0.717, 1.165) is 16.8 Å². The standard InChI is InChI=1S/C24H20N4O5S/c29-16-10-6-14(7-11-16)19-20-17(2-1-3-18(20)30)25-22-21(19)23(31)27-24(26-22)34-12-13-4-8-15(9-5-13)28(32)33/h2,4-11,19-20,29H,1,3,12H2,(H2,25,26,27,31)/t19-,20-/m1/s1. The molecule has 2 heterocycles. The predicted octanol–water partition coefficient (Wildman–Crippen LogP) is 4.10. The van der Waals surface area contributed by atoms with Gasteiger partial charge in [-0.1, -0.05) is 42.1 Å². The van der Waals surface area contributed by atoms with Gasteiger partial charge in [0.05, 0.1) is 16.4 Å². The van der Waals surface area contributed by atoms with Crippen LogP contribution in [0.5, 0.6) is 5.75 Å². The summed E-state index contributed by atoms with van der Waals surface area (Å²) < 4.78 is 0. The van der Waals surface area contributed by atoms with E-state index in [4.69, 9.17) is 0 Å². The monoisotopic (exact) mass is 476 g/mol. The van der Waals surface area contributed by atoms with Crippen LogP contribution in [0.25, 0.3) is 0 Å². The molecule has 3 aromatic rings. The number of phenols is 1. The van der Waals surface area contributed by atoms with Crippen molar-refractivity contribution in [3.63, 3.8) is 0 Å². The minimum Gasteiger partial charge on any atom is -0.508 e. The Balaban J connectivity index is 1.50. The highest BCUT2D eigenvalue weighted by Gasteiger charge is 2.42. The van der Waals surface area contributed by atoms with E-state index in [1.807, 2.05) is 6.08 Å². The van der Waals surface area contributed by atoms with E-state index in [2.05, 4.69) is 15.3 Å². The Morgan fingerprint density at radius 3 is 2.53 bits per heavy atom. The minimum absolute atomic E-state index is 0.0170. The Morgan fingerprint density at radius 2 is 1.82 bits per heavy atom. The van der Waals surface area contributed by atoms with Crippen molar-refractivity contribution in [2.75, 3.05) is 5.32 Å². The number of hydrogen-bond donors (Lipinski definition) is 3. The average Bonchev–Trinajstić information content (AvgIpc) is 2.82. The number of benzene rings is 2. The Morgan fingerprint density at radius 1 is 1.09 bits per heavy atom. The molecule has 0 fully saturated rings. The Hall–Kier alpha value is -3.92. The van der Waals surface area contributed by atoms with Gasteiger partial charge in [0.15, 0.2) is 5.16 Å². The fourth-order valence-electron chi connectivity index (χ4n) is 4.44. The zero-order valence-corrected chi connectivity index (χ0v) is 18.7. The van der Waals surface area contributed by atoms with Crippen LogP contribution in [0.3, 0.4) is 0 Å². The Labute approximate surface area is 198 Å². The Kier molecular flexibility index (Phi) is 5.66. The van der Waals surface area contributed by atoms with Gasteiger partial charge in [-0.3, -0.25) is 19.7 Å². The molecule has 1 aliphatic carbocycles. The number of thioether (sulfide) groups is 1. The van der Waals surface area contributed by atoms with Crippen molar-refractivity contribution in [2.24, 2.45) is 5.92 Å². The summed E-state index contributed by atoms with van der Waals surface area (Å²) in [7, 11) is 0. The number of phenolic OH excluding ortho intramolecular Hbond substituents is 1. The van der Waals surface area contributed by atoms with E-state index in [0.29, 0.717) is 35.1 Å². The number of nitrogens with zero attached hydrogens (tertiary/aromatic N) is 2. The van der Waals surface area contributed by atoms with Crippen molar-refractivity contribution in [1.29, 1.82) is 0 Å². The van der Waals surface area contributed by atoms with Crippen molar-refractivity contribution >= 4 is 29.1 Å². The molecule has 0 saturated heterocycles. The minimum atomic E-state index is -0.513. The zero-order valence-electron chi connectivity index (χ0n) is 17.9. The maximum absolute atomic E-state index is 13.2. The normalized spacial score (nSPS) is 18.9. The lowest BCUT2D eigenvalue weighted by molar-refractivity contribution is -0.384. The maximum atomic E-state index is 13.2. The lowest BCUT2D eigenvalue weighted by Gasteiger charge is -2.36. The van der Waals surface area contributed by atoms with Crippen molar-refractivity contribution in [1.82, 2.24) is 9.97 Å². The first-order valence-corrected chi connectivity index (χ1v) is 11.7. The van der Waals surface area contributed by atoms with E-state index in [9.17, 15) is 24.8 Å². The summed E-state index contributed by atoms with van der Waals surface area (Å²) in [5, 5.41) is 24.2. The number of fused-ring (bicyclic) bond motifs is 2. The Bertz CT molecular complexity index is 1370. The number of non-ortho nitro benzene ring substituents is 1. The number of allylic oxidation sites excluding steroid dienone is 2. The number of H-pyrrole nitrogens is 1. The summed E-state index contributed by atoms with van der Waals surface area (Å²) in [6.07, 6.45) is 3.02. The molecule has 2 aromatic carbocycles. The van der Waals surface area contributed by atoms with E-state index in [1.165, 1.54) is 23.9 Å². The van der Waals surface area contributed by atoms with E-state index >= 15 is 0 Å². The summed E-state index contributed by atoms with van der Waals surface area (Å²) in [5.41, 5.74) is 2.42. The molecule has 0 amide bonds. The van der Waals surface area contributed by atoms with Crippen LogP contribution in [0, 0.1) is 16.0 Å². The van der Waals surface area contributed by atoms with Crippen LogP contribution < -0.4 is 10.9 Å². The number of carbonyl (C=O) groups excluding carboxylic acids is 1. The van der Waals surface area contributed by atoms with Gasteiger partial charge in [-0.2, -0.15) is 0 Å². The van der Waals surface area contributed by atoms with Crippen molar-refractivity contribution in [3.05, 3.63) is 97.5 Å². The van der Waals surface area contributed by atoms with Gasteiger partial charge in [0.1, 0.15) is 17.4 Å². The van der Waals surface area contributed by atoms with E-state index in [-0.39, 0.29) is 22.8 Å². The molecule has 5 rings (SSSR count). The lowest BCUT2D eigenvalue weighted by atomic mass is 9.72. The summed E-state index contributed by atoms with van der Waals surface area (Å²) in [6, 6.07) is 12.8. The third-order valence-electron chi connectivity index (χ3n) is 6.05. The number of Topliss-reactive ketones (excluding diaryl/α,β-unsaturated/α-hetero) is 1. The van der Waals surface area contributed by atoms with Gasteiger partial charge < -0.3 is 15.4 Å². The molecule has 1 aromatic heterocycles. The highest BCUT2D eigenvalue weighted by Crippen LogP contribution is 2.45. The van der Waals surface area contributed by atoms with Crippen LogP contribution in [0.2, 0.25) is 0 Å². The van der Waals surface area contributed by atoms with Gasteiger partial charge >= 0.3 is 0 Å². The number of aromatic amines is 1. The molecule has 0 radical (unpaired) electrons. The number of rotatable bonds is 5. The van der Waals surface area contributed by atoms with Crippen LogP contribution in [0.4, 0.5) is 11.5 Å². The first kappa shape index (κ1) is 21.9. The first-order chi connectivity index (χ1) is 16.4. The largest absolute Gasteiger partial charge is 0.508 e. The number of nitro groups is 1. The van der Waals surface area contributed by atoms with Crippen molar-refractivity contribution in [3.8, 4) is 5.75 Å². The van der Waals surface area contributed by atoms with Gasteiger partial charge in [0, 0.05) is 35.9 Å². The number of aromatic nitrogens is 2. The zero-order chi connectivity index (χ0) is 23.8. The number of aromatic hydroxyl groups is 1. The van der Waals surface area contributed by atoms with Crippen molar-refractivity contribution in [2.45, 2.75) is 29.7 Å². The van der Waals surface area contributed by atoms with Crippen molar-refractivity contribution < 1.29 is 14.8 Å². The molecule has 0 saturated carbocycles. The van der Waals surface area contributed by atoms with Gasteiger partial charge in [-0.05, 0) is 29.7 Å². The van der Waals surface area contributed by atoms with Crippen LogP contribution in [-0.2, 0) is 10.5 Å². The van der Waals surface area contributed by atoms with E-state index < -0.39 is 16.8 Å². The topological polar surface area (TPSA) is 138 Å². The third-order valence-corrected chi connectivity index (χ3v) is 7.00. The van der Waals surface area contributed by atoms with Crippen LogP contribution in [-0.4, -0.2) is 25.8 Å². The van der Waals surface area contributed by atoms with Gasteiger partial charge in [0.2, 0.25) is 0 Å². The molecule has 2 atom stereocenters. The molecular weight excluding hydrogens is 456 g/mol. The lowest BCUT2D eigenvalue weighted by Crippen LogP contribution is -2.38. The number of nitrogens with one attached hydrogen (secondary N) is 2. The highest BCUT2D eigenvalue weighted by molar-refractivity contribution is 7.98. The first-order valence-electron chi connectivity index (χ1n) is 10.7. The fourth-order valence-corrected chi connectivity index (χ4v) is 5.26. The summed E-state index contributed by atoms with van der Waals surface area (Å²) >= 11 is 1.31. The molecule has 3 N–H and O–H groups in total. The molecule has 172 valence electrons. The number of ketones is 1. The smallest absolute Gasteiger partial charge is 0.269 e. The van der Waals surface area contributed by atoms with Gasteiger partial charge in [-0.15, -0.1) is 0 Å². The number of hydrogen-bond acceptors (Lipinski definition) is 8. The third kappa shape index (κ3) is 4.08. The second-order valence-corrected chi connectivity index (χ2v) is 9.15. The molecule has 0 spiro atoms. The molecule has 9 nitrogen and oxygen atoms in total.